The minimum Gasteiger partial charge on any atom is -0.352 e. The Kier molecular flexibility index (Phi) is 9.85. The highest BCUT2D eigenvalue weighted by Gasteiger charge is 2.37. The third-order valence-corrected chi connectivity index (χ3v) is 9.53. The molecule has 0 amide bonds. The van der Waals surface area contributed by atoms with Crippen molar-refractivity contribution in [3.8, 4) is 0 Å². The average molecular weight is 465 g/mol. The van der Waals surface area contributed by atoms with Crippen LogP contribution >= 0.6 is 0 Å². The maximum Gasteiger partial charge on any atom is 0.266 e. The van der Waals surface area contributed by atoms with E-state index >= 15 is 0 Å². The van der Waals surface area contributed by atoms with Crippen LogP contribution < -0.4 is 0 Å². The molecule has 0 radical (unpaired) electrons. The van der Waals surface area contributed by atoms with Crippen molar-refractivity contribution in [1.82, 2.24) is 0 Å². The molecule has 0 aromatic rings. The second-order valence-corrected chi connectivity index (χ2v) is 11.5. The van der Waals surface area contributed by atoms with E-state index in [1.165, 1.54) is 70.3 Å². The van der Waals surface area contributed by atoms with Gasteiger partial charge < -0.3 is 9.47 Å². The van der Waals surface area contributed by atoms with Crippen LogP contribution in [0.4, 0.5) is 8.78 Å². The SMILES string of the molecule is C/C=C/CCC1CCC(C2COC(C3CCC(C4CCC(C=C(F)F)CC4)CC3)OC2)CC1. The van der Waals surface area contributed by atoms with E-state index in [0.29, 0.717) is 11.8 Å². The van der Waals surface area contributed by atoms with Gasteiger partial charge in [-0.3, -0.25) is 0 Å². The first-order valence-electron chi connectivity index (χ1n) is 14.0. The molecule has 4 aliphatic rings. The maximum atomic E-state index is 12.5. The van der Waals surface area contributed by atoms with E-state index in [2.05, 4.69) is 19.1 Å². The lowest BCUT2D eigenvalue weighted by atomic mass is 9.69. The molecule has 0 aromatic heterocycles. The summed E-state index contributed by atoms with van der Waals surface area (Å²) in [5.74, 6) is 4.46. The van der Waals surface area contributed by atoms with Gasteiger partial charge in [-0.25, -0.2) is 0 Å². The van der Waals surface area contributed by atoms with Gasteiger partial charge in [0.05, 0.1) is 13.2 Å². The third kappa shape index (κ3) is 7.37. The van der Waals surface area contributed by atoms with Crippen LogP contribution in [0.25, 0.3) is 0 Å². The van der Waals surface area contributed by atoms with Crippen LogP contribution in [-0.2, 0) is 9.47 Å². The number of allylic oxidation sites excluding steroid dienone is 3. The lowest BCUT2D eigenvalue weighted by Crippen LogP contribution is -2.41. The highest BCUT2D eigenvalue weighted by Crippen LogP contribution is 2.44. The van der Waals surface area contributed by atoms with Gasteiger partial charge in [0.25, 0.3) is 6.08 Å². The summed E-state index contributed by atoms with van der Waals surface area (Å²) in [6.45, 7) is 3.89. The Labute approximate surface area is 200 Å². The van der Waals surface area contributed by atoms with E-state index in [1.54, 1.807) is 0 Å². The molecule has 0 aromatic carbocycles. The third-order valence-electron chi connectivity index (χ3n) is 9.53. The minimum atomic E-state index is -1.50. The molecule has 0 atom stereocenters. The first kappa shape index (κ1) is 25.4. The van der Waals surface area contributed by atoms with Gasteiger partial charge in [0.2, 0.25) is 0 Å². The summed E-state index contributed by atoms with van der Waals surface area (Å²) < 4.78 is 37.7. The highest BCUT2D eigenvalue weighted by molar-refractivity contribution is 4.92. The number of ether oxygens (including phenoxy) is 2. The summed E-state index contributed by atoms with van der Waals surface area (Å²) in [5.41, 5.74) is 0. The van der Waals surface area contributed by atoms with Gasteiger partial charge in [0, 0.05) is 11.8 Å². The van der Waals surface area contributed by atoms with Crippen molar-refractivity contribution in [2.24, 2.45) is 41.4 Å². The zero-order chi connectivity index (χ0) is 23.0. The molecule has 4 rings (SSSR count). The van der Waals surface area contributed by atoms with E-state index in [4.69, 9.17) is 9.47 Å². The van der Waals surface area contributed by atoms with E-state index in [1.807, 2.05) is 0 Å². The molecule has 0 spiro atoms. The molecule has 3 aliphatic carbocycles. The molecule has 1 heterocycles. The van der Waals surface area contributed by atoms with Gasteiger partial charge >= 0.3 is 0 Å². The molecular weight excluding hydrogens is 418 g/mol. The van der Waals surface area contributed by atoms with Crippen LogP contribution in [0.1, 0.15) is 96.8 Å². The van der Waals surface area contributed by atoms with Gasteiger partial charge in [0.15, 0.2) is 6.29 Å². The Morgan fingerprint density at radius 3 is 1.79 bits per heavy atom. The van der Waals surface area contributed by atoms with Crippen LogP contribution in [0.3, 0.4) is 0 Å². The van der Waals surface area contributed by atoms with E-state index in [9.17, 15) is 8.78 Å². The lowest BCUT2D eigenvalue weighted by Gasteiger charge is -2.42. The molecule has 0 N–H and O–H groups in total. The predicted octanol–water partition coefficient (Wildman–Crippen LogP) is 8.53. The molecule has 2 nitrogen and oxygen atoms in total. The topological polar surface area (TPSA) is 18.5 Å². The summed E-state index contributed by atoms with van der Waals surface area (Å²) >= 11 is 0. The first-order valence-corrected chi connectivity index (χ1v) is 14.0. The Hall–Kier alpha value is -0.740. The highest BCUT2D eigenvalue weighted by atomic mass is 19.3. The summed E-state index contributed by atoms with van der Waals surface area (Å²) in [6, 6.07) is 0. The molecule has 0 unspecified atom stereocenters. The second-order valence-electron chi connectivity index (χ2n) is 11.5. The lowest BCUT2D eigenvalue weighted by molar-refractivity contribution is -0.237. The molecule has 1 saturated heterocycles. The van der Waals surface area contributed by atoms with Crippen LogP contribution in [0.15, 0.2) is 24.3 Å². The standard InChI is InChI=1S/C29H46F2O2/c1-2-3-4-5-21-6-10-25(11-7-21)27-19-32-29(33-20-27)26-16-14-24(15-17-26)23-12-8-22(9-13-23)18-28(30)31/h2-3,18,21-27,29H,4-17,19-20H2,1H3/b3-2+. The van der Waals surface area contributed by atoms with Crippen LogP contribution in [-0.4, -0.2) is 19.5 Å². The number of hydrogen-bond acceptors (Lipinski definition) is 2. The molecule has 4 fully saturated rings. The number of rotatable bonds is 7. The van der Waals surface area contributed by atoms with Crippen molar-refractivity contribution in [2.75, 3.05) is 13.2 Å². The number of hydrogen-bond donors (Lipinski definition) is 0. The summed E-state index contributed by atoms with van der Waals surface area (Å²) in [4.78, 5) is 0. The van der Waals surface area contributed by atoms with E-state index in [0.717, 1.165) is 62.6 Å². The van der Waals surface area contributed by atoms with Crippen molar-refractivity contribution in [3.05, 3.63) is 24.3 Å². The van der Waals surface area contributed by atoms with Gasteiger partial charge in [-0.1, -0.05) is 25.0 Å². The predicted molar refractivity (Wildman–Crippen MR) is 130 cm³/mol. The zero-order valence-electron chi connectivity index (χ0n) is 20.7. The zero-order valence-corrected chi connectivity index (χ0v) is 20.7. The quantitative estimate of drug-likeness (QED) is 0.351. The van der Waals surface area contributed by atoms with Gasteiger partial charge in [0.1, 0.15) is 0 Å². The van der Waals surface area contributed by atoms with Gasteiger partial charge in [-0.2, -0.15) is 8.78 Å². The minimum absolute atomic E-state index is 0.00720. The van der Waals surface area contributed by atoms with Crippen molar-refractivity contribution in [2.45, 2.75) is 103 Å². The van der Waals surface area contributed by atoms with Crippen molar-refractivity contribution < 1.29 is 18.3 Å². The summed E-state index contributed by atoms with van der Waals surface area (Å²) in [5, 5.41) is 0. The molecule has 3 saturated carbocycles. The fourth-order valence-electron chi connectivity index (χ4n) is 7.37. The van der Waals surface area contributed by atoms with Crippen LogP contribution in [0.2, 0.25) is 0 Å². The van der Waals surface area contributed by atoms with Crippen molar-refractivity contribution in [3.63, 3.8) is 0 Å². The molecule has 1 aliphatic heterocycles. The van der Waals surface area contributed by atoms with Crippen molar-refractivity contribution >= 4 is 0 Å². The molecular formula is C29H46F2O2. The van der Waals surface area contributed by atoms with E-state index < -0.39 is 6.08 Å². The fourth-order valence-corrected chi connectivity index (χ4v) is 7.37. The fraction of sp³-hybridized carbons (Fsp3) is 0.862. The normalized spacial score (nSPS) is 40.6. The summed E-state index contributed by atoms with van der Waals surface area (Å²) in [6.07, 6.45) is 21.3. The Morgan fingerprint density at radius 1 is 0.697 bits per heavy atom. The molecule has 0 bridgehead atoms. The molecule has 33 heavy (non-hydrogen) atoms. The van der Waals surface area contributed by atoms with Gasteiger partial charge in [-0.15, -0.1) is 0 Å². The Morgan fingerprint density at radius 2 is 1.21 bits per heavy atom. The van der Waals surface area contributed by atoms with E-state index in [-0.39, 0.29) is 12.2 Å². The number of halogens is 2. The Balaban J connectivity index is 1.12. The van der Waals surface area contributed by atoms with Crippen molar-refractivity contribution in [1.29, 1.82) is 0 Å². The molecule has 4 heteroatoms. The van der Waals surface area contributed by atoms with Gasteiger partial charge in [-0.05, 0) is 120 Å². The van der Waals surface area contributed by atoms with Crippen LogP contribution in [0.5, 0.6) is 0 Å². The van der Waals surface area contributed by atoms with Crippen LogP contribution in [0, 0.1) is 41.4 Å². The maximum absolute atomic E-state index is 12.5. The first-order chi connectivity index (χ1) is 16.1. The largest absolute Gasteiger partial charge is 0.352 e. The summed E-state index contributed by atoms with van der Waals surface area (Å²) in [7, 11) is 0. The Bertz CT molecular complexity index is 612. The monoisotopic (exact) mass is 464 g/mol. The molecule has 188 valence electrons. The smallest absolute Gasteiger partial charge is 0.266 e. The second kappa shape index (κ2) is 12.8. The average Bonchev–Trinajstić information content (AvgIpc) is 2.85.